The molecule has 1 saturated heterocycles. The van der Waals surface area contributed by atoms with Crippen molar-refractivity contribution in [2.75, 3.05) is 13.2 Å². The van der Waals surface area contributed by atoms with Crippen molar-refractivity contribution < 1.29 is 28.7 Å². The maximum Gasteiger partial charge on any atom is 0.319 e. The van der Waals surface area contributed by atoms with Gasteiger partial charge in [-0.25, -0.2) is 0 Å². The molecule has 0 saturated carbocycles. The summed E-state index contributed by atoms with van der Waals surface area (Å²) in [5.74, 6) is -2.90. The van der Waals surface area contributed by atoms with Crippen LogP contribution in [0.3, 0.4) is 0 Å². The van der Waals surface area contributed by atoms with E-state index in [1.54, 1.807) is 0 Å². The van der Waals surface area contributed by atoms with Gasteiger partial charge in [0.1, 0.15) is 0 Å². The standard InChI is InChI=1S/C13H12FNO6/c14-9-5-8(1-2-10(9)15(19)20)6-13(12(17)18)7-21-4-3-11(13)16/h1-2,5H,3-4,6-7H2,(H,17,18). The number of ketones is 1. The zero-order valence-electron chi connectivity index (χ0n) is 10.9. The fraction of sp³-hybridized carbons (Fsp3) is 0.385. The Morgan fingerprint density at radius 3 is 2.76 bits per heavy atom. The Balaban J connectivity index is 2.34. The molecule has 1 atom stereocenters. The van der Waals surface area contributed by atoms with Crippen molar-refractivity contribution in [2.24, 2.45) is 5.41 Å². The summed E-state index contributed by atoms with van der Waals surface area (Å²) in [6, 6.07) is 3.08. The average molecular weight is 297 g/mol. The minimum absolute atomic E-state index is 0.0260. The van der Waals surface area contributed by atoms with E-state index in [2.05, 4.69) is 0 Å². The number of nitrogens with zero attached hydrogens (tertiary/aromatic N) is 1. The number of nitro groups is 1. The first-order valence-corrected chi connectivity index (χ1v) is 6.14. The number of aliphatic carboxylic acids is 1. The van der Waals surface area contributed by atoms with E-state index in [1.807, 2.05) is 0 Å². The number of ether oxygens (including phenoxy) is 1. The van der Waals surface area contributed by atoms with E-state index in [-0.39, 0.29) is 31.6 Å². The number of hydrogen-bond donors (Lipinski definition) is 1. The van der Waals surface area contributed by atoms with E-state index in [9.17, 15) is 29.2 Å². The van der Waals surface area contributed by atoms with E-state index in [1.165, 1.54) is 6.07 Å². The molecule has 0 bridgehead atoms. The first kappa shape index (κ1) is 15.0. The van der Waals surface area contributed by atoms with E-state index in [0.29, 0.717) is 0 Å². The number of hydrogen-bond acceptors (Lipinski definition) is 5. The summed E-state index contributed by atoms with van der Waals surface area (Å²) >= 11 is 0. The van der Waals surface area contributed by atoms with Crippen LogP contribution in [0.5, 0.6) is 0 Å². The zero-order chi connectivity index (χ0) is 15.6. The number of benzene rings is 1. The van der Waals surface area contributed by atoms with Crippen molar-refractivity contribution in [2.45, 2.75) is 12.8 Å². The van der Waals surface area contributed by atoms with Gasteiger partial charge in [0.25, 0.3) is 0 Å². The van der Waals surface area contributed by atoms with Crippen LogP contribution in [0, 0.1) is 21.3 Å². The second kappa shape index (κ2) is 5.57. The highest BCUT2D eigenvalue weighted by Gasteiger charge is 2.48. The Hall–Kier alpha value is -2.35. The molecule has 1 fully saturated rings. The number of Topliss-reactive ketones (excluding diaryl/α,β-unsaturated/α-hetero) is 1. The van der Waals surface area contributed by atoms with Gasteiger partial charge in [-0.05, 0) is 18.1 Å². The van der Waals surface area contributed by atoms with Crippen LogP contribution in [0.1, 0.15) is 12.0 Å². The molecule has 1 aliphatic rings. The lowest BCUT2D eigenvalue weighted by Gasteiger charge is -2.31. The fourth-order valence-corrected chi connectivity index (χ4v) is 2.29. The third kappa shape index (κ3) is 2.75. The van der Waals surface area contributed by atoms with Crippen molar-refractivity contribution in [1.29, 1.82) is 0 Å². The maximum atomic E-state index is 13.6. The molecule has 1 N–H and O–H groups in total. The van der Waals surface area contributed by atoms with Crippen LogP contribution in [0.4, 0.5) is 10.1 Å². The van der Waals surface area contributed by atoms with Crippen LogP contribution in [0.25, 0.3) is 0 Å². The van der Waals surface area contributed by atoms with Gasteiger partial charge in [0, 0.05) is 12.5 Å². The van der Waals surface area contributed by atoms with Crippen molar-refractivity contribution in [3.8, 4) is 0 Å². The lowest BCUT2D eigenvalue weighted by molar-refractivity contribution is -0.387. The highest BCUT2D eigenvalue weighted by atomic mass is 19.1. The monoisotopic (exact) mass is 297 g/mol. The van der Waals surface area contributed by atoms with Crippen molar-refractivity contribution in [3.05, 3.63) is 39.7 Å². The Bertz CT molecular complexity index is 617. The molecule has 112 valence electrons. The second-order valence-electron chi connectivity index (χ2n) is 4.83. The lowest BCUT2D eigenvalue weighted by atomic mass is 9.76. The molecule has 0 aliphatic carbocycles. The summed E-state index contributed by atoms with van der Waals surface area (Å²) in [6.07, 6.45) is -0.294. The van der Waals surface area contributed by atoms with Crippen LogP contribution in [-0.4, -0.2) is 35.0 Å². The Kier molecular flexibility index (Phi) is 3.99. The molecule has 1 aromatic carbocycles. The summed E-state index contributed by atoms with van der Waals surface area (Å²) in [6.45, 7) is -0.137. The molecule has 0 amide bonds. The van der Waals surface area contributed by atoms with Crippen molar-refractivity contribution in [1.82, 2.24) is 0 Å². The number of nitro benzene ring substituents is 1. The van der Waals surface area contributed by atoms with Gasteiger partial charge in [0.15, 0.2) is 11.2 Å². The quantitative estimate of drug-likeness (QED) is 0.510. The molecule has 1 unspecified atom stereocenters. The van der Waals surface area contributed by atoms with Gasteiger partial charge in [-0.3, -0.25) is 19.7 Å². The smallest absolute Gasteiger partial charge is 0.319 e. The third-order valence-corrected chi connectivity index (χ3v) is 3.48. The zero-order valence-corrected chi connectivity index (χ0v) is 10.9. The molecule has 7 nitrogen and oxygen atoms in total. The number of rotatable bonds is 4. The number of carbonyl (C=O) groups is 2. The van der Waals surface area contributed by atoms with Crippen LogP contribution >= 0.6 is 0 Å². The summed E-state index contributed by atoms with van der Waals surface area (Å²) in [5.41, 5.74) is -2.27. The molecular weight excluding hydrogens is 285 g/mol. The minimum atomic E-state index is -1.76. The van der Waals surface area contributed by atoms with Crippen LogP contribution in [-0.2, 0) is 20.7 Å². The molecule has 0 aromatic heterocycles. The molecule has 8 heteroatoms. The van der Waals surface area contributed by atoms with E-state index >= 15 is 0 Å². The van der Waals surface area contributed by atoms with Gasteiger partial charge in [0.2, 0.25) is 5.82 Å². The third-order valence-electron chi connectivity index (χ3n) is 3.48. The number of carbonyl (C=O) groups excluding carboxylic acids is 1. The van der Waals surface area contributed by atoms with Gasteiger partial charge in [-0.15, -0.1) is 0 Å². The van der Waals surface area contributed by atoms with Crippen LogP contribution < -0.4 is 0 Å². The van der Waals surface area contributed by atoms with Gasteiger partial charge < -0.3 is 9.84 Å². The highest BCUT2D eigenvalue weighted by Crippen LogP contribution is 2.31. The summed E-state index contributed by atoms with van der Waals surface area (Å²) < 4.78 is 18.7. The topological polar surface area (TPSA) is 107 Å². The number of halogens is 1. The molecule has 21 heavy (non-hydrogen) atoms. The van der Waals surface area contributed by atoms with Crippen LogP contribution in [0.2, 0.25) is 0 Å². The maximum absolute atomic E-state index is 13.6. The van der Waals surface area contributed by atoms with Gasteiger partial charge in [-0.1, -0.05) is 6.07 Å². The molecule has 1 heterocycles. The van der Waals surface area contributed by atoms with E-state index in [4.69, 9.17) is 4.74 Å². The average Bonchev–Trinajstić information content (AvgIpc) is 2.41. The predicted molar refractivity (Wildman–Crippen MR) is 67.3 cm³/mol. The second-order valence-corrected chi connectivity index (χ2v) is 4.83. The molecular formula is C13H12FNO6. The number of carboxylic acid groups (broad SMARTS) is 1. The molecule has 0 spiro atoms. The SMILES string of the molecule is O=C(O)C1(Cc2ccc([N+](=O)[O-])c(F)c2)COCCC1=O. The highest BCUT2D eigenvalue weighted by molar-refractivity contribution is 6.04. The summed E-state index contributed by atoms with van der Waals surface area (Å²) in [7, 11) is 0. The Labute approximate surface area is 118 Å². The predicted octanol–water partition coefficient (Wildman–Crippen LogP) is 1.34. The minimum Gasteiger partial charge on any atom is -0.480 e. The van der Waals surface area contributed by atoms with E-state index in [0.717, 1.165) is 12.1 Å². The first-order chi connectivity index (χ1) is 9.86. The fourth-order valence-electron chi connectivity index (χ4n) is 2.29. The normalized spacial score (nSPS) is 22.0. The van der Waals surface area contributed by atoms with Gasteiger partial charge in [0.05, 0.1) is 18.1 Å². The van der Waals surface area contributed by atoms with E-state index < -0.39 is 33.6 Å². The summed E-state index contributed by atoms with van der Waals surface area (Å²) in [5, 5.41) is 19.9. The largest absolute Gasteiger partial charge is 0.480 e. The Morgan fingerprint density at radius 2 is 2.24 bits per heavy atom. The molecule has 2 rings (SSSR count). The van der Waals surface area contributed by atoms with Crippen LogP contribution in [0.15, 0.2) is 18.2 Å². The van der Waals surface area contributed by atoms with Gasteiger partial charge in [-0.2, -0.15) is 4.39 Å². The van der Waals surface area contributed by atoms with Gasteiger partial charge >= 0.3 is 11.7 Å². The molecule has 0 radical (unpaired) electrons. The lowest BCUT2D eigenvalue weighted by Crippen LogP contribution is -2.48. The first-order valence-electron chi connectivity index (χ1n) is 6.14. The van der Waals surface area contributed by atoms with Crippen molar-refractivity contribution >= 4 is 17.4 Å². The summed E-state index contributed by atoms with van der Waals surface area (Å²) in [4.78, 5) is 33.1. The number of carboxylic acids is 1. The molecule has 1 aromatic rings. The molecule has 1 aliphatic heterocycles. The Morgan fingerprint density at radius 1 is 1.52 bits per heavy atom. The van der Waals surface area contributed by atoms with Crippen molar-refractivity contribution in [3.63, 3.8) is 0 Å².